The van der Waals surface area contributed by atoms with E-state index in [-0.39, 0.29) is 5.97 Å². The summed E-state index contributed by atoms with van der Waals surface area (Å²) in [5.41, 5.74) is 0. The van der Waals surface area contributed by atoms with Gasteiger partial charge in [0.1, 0.15) is 0 Å². The summed E-state index contributed by atoms with van der Waals surface area (Å²) in [5, 5.41) is 0. The topological polar surface area (TPSA) is 26.3 Å². The van der Waals surface area contributed by atoms with Crippen LogP contribution in [0, 0.1) is 0 Å². The van der Waals surface area contributed by atoms with Crippen molar-refractivity contribution in [2.75, 3.05) is 0 Å². The maximum absolute atomic E-state index is 9.51. The molecule has 0 aromatic carbocycles. The third kappa shape index (κ3) is 47.5. The van der Waals surface area contributed by atoms with Crippen molar-refractivity contribution in [2.24, 2.45) is 0 Å². The van der Waals surface area contributed by atoms with E-state index in [2.05, 4.69) is 23.7 Å². The number of allylic oxidation sites excluding steroid dienone is 1. The predicted molar refractivity (Wildman–Crippen MR) is 36.6 cm³/mol. The maximum atomic E-state index is 9.51. The van der Waals surface area contributed by atoms with Gasteiger partial charge in [-0.3, -0.25) is 4.79 Å². The number of hydrogen-bond donors (Lipinski definition) is 1. The molecule has 0 saturated carbocycles. The van der Waals surface area contributed by atoms with Gasteiger partial charge in [-0.05, 0) is 6.92 Å². The van der Waals surface area contributed by atoms with E-state index in [0.29, 0.717) is 0 Å². The van der Waals surface area contributed by atoms with E-state index in [9.17, 15) is 4.79 Å². The van der Waals surface area contributed by atoms with Crippen LogP contribution in [-0.2, 0) is 8.98 Å². The van der Waals surface area contributed by atoms with Gasteiger partial charge in [-0.15, -0.1) is 6.58 Å². The van der Waals surface area contributed by atoms with Gasteiger partial charge in [0.15, 0.2) is 0 Å². The number of thiol groups is 1. The number of hydrogen-bond acceptors (Lipinski definition) is 3. The zero-order valence-electron chi connectivity index (χ0n) is 5.05. The zero-order chi connectivity index (χ0) is 6.99. The molecule has 2 nitrogen and oxygen atoms in total. The molecule has 0 aromatic heterocycles. The van der Waals surface area contributed by atoms with E-state index >= 15 is 0 Å². The monoisotopic (exact) mass is 134 g/mol. The first kappa shape index (κ1) is 10.5. The van der Waals surface area contributed by atoms with E-state index in [1.165, 1.54) is 6.92 Å². The van der Waals surface area contributed by atoms with Gasteiger partial charge in [0.2, 0.25) is 0 Å². The van der Waals surface area contributed by atoms with Gasteiger partial charge in [0, 0.05) is 19.8 Å². The van der Waals surface area contributed by atoms with Gasteiger partial charge in [0.25, 0.3) is 0 Å². The van der Waals surface area contributed by atoms with E-state index in [4.69, 9.17) is 0 Å². The quantitative estimate of drug-likeness (QED) is 0.309. The fourth-order valence-corrected chi connectivity index (χ4v) is 0. The summed E-state index contributed by atoms with van der Waals surface area (Å²) in [6.07, 6.45) is 1.75. The second-order valence-corrected chi connectivity index (χ2v) is 1.17. The Hall–Kier alpha value is -0.440. The van der Waals surface area contributed by atoms with Crippen molar-refractivity contribution >= 4 is 18.9 Å². The maximum Gasteiger partial charge on any atom is 0.314 e. The van der Waals surface area contributed by atoms with Crippen molar-refractivity contribution in [3.8, 4) is 0 Å². The van der Waals surface area contributed by atoms with Gasteiger partial charge in [-0.2, -0.15) is 0 Å². The van der Waals surface area contributed by atoms with Crippen LogP contribution < -0.4 is 0 Å². The molecule has 8 heavy (non-hydrogen) atoms. The minimum atomic E-state index is -0.381. The van der Waals surface area contributed by atoms with Crippen LogP contribution in [-0.4, -0.2) is 5.97 Å². The molecule has 3 heteroatoms. The summed E-state index contributed by atoms with van der Waals surface area (Å²) in [6, 6.07) is 0. The Morgan fingerprint density at radius 3 is 2.00 bits per heavy atom. The lowest BCUT2D eigenvalue weighted by atomic mass is 10.8. The molecule has 0 fully saturated rings. The Bertz CT molecular complexity index is 70.8. The smallest absolute Gasteiger partial charge is 0.314 e. The second-order valence-electron chi connectivity index (χ2n) is 0.991. The Balaban J connectivity index is 0. The van der Waals surface area contributed by atoms with Gasteiger partial charge in [0.05, 0.1) is 0 Å². The summed E-state index contributed by atoms with van der Waals surface area (Å²) >= 11 is 3.17. The summed E-state index contributed by atoms with van der Waals surface area (Å²) in [6.45, 7) is 6.53. The van der Waals surface area contributed by atoms with Crippen LogP contribution >= 0.6 is 12.9 Å². The normalized spacial score (nSPS) is 5.88. The Morgan fingerprint density at radius 2 is 2.00 bits per heavy atom. The fourth-order valence-electron chi connectivity index (χ4n) is 0. The van der Waals surface area contributed by atoms with E-state index in [0.717, 1.165) is 0 Å². The van der Waals surface area contributed by atoms with Gasteiger partial charge in [-0.1, -0.05) is 6.08 Å². The standard InChI is InChI=1S/C3H6.C2H4O2S/c1-3-2;1-2(3)4-5/h3H,1H2,2H3;5H,1H3. The molecule has 0 unspecified atom stereocenters. The van der Waals surface area contributed by atoms with Crippen LogP contribution in [0.4, 0.5) is 0 Å². The summed E-state index contributed by atoms with van der Waals surface area (Å²) < 4.78 is 3.81. The number of rotatable bonds is 0. The van der Waals surface area contributed by atoms with Crippen LogP contribution in [0.25, 0.3) is 0 Å². The lowest BCUT2D eigenvalue weighted by Gasteiger charge is -1.77. The summed E-state index contributed by atoms with van der Waals surface area (Å²) in [7, 11) is 0. The molecule has 0 amide bonds. The molecule has 48 valence electrons. The minimum absolute atomic E-state index is 0.381. The third-order valence-electron chi connectivity index (χ3n) is 0.129. The van der Waals surface area contributed by atoms with Crippen LogP contribution in [0.3, 0.4) is 0 Å². The van der Waals surface area contributed by atoms with Crippen LogP contribution in [0.15, 0.2) is 12.7 Å². The molecule has 0 aliphatic heterocycles. The molecule has 0 saturated heterocycles. The Labute approximate surface area is 55.2 Å². The molecule has 0 aromatic rings. The molecule has 0 rings (SSSR count). The molecular weight excluding hydrogens is 124 g/mol. The lowest BCUT2D eigenvalue weighted by molar-refractivity contribution is -0.130. The molecule has 0 heterocycles. The average Bonchev–Trinajstić information content (AvgIpc) is 1.69. The Morgan fingerprint density at radius 1 is 1.88 bits per heavy atom. The molecule has 0 N–H and O–H groups in total. The first-order valence-electron chi connectivity index (χ1n) is 2.08. The average molecular weight is 134 g/mol. The third-order valence-corrected chi connectivity index (χ3v) is 0.386. The van der Waals surface area contributed by atoms with Gasteiger partial charge < -0.3 is 4.18 Å². The number of carbonyl (C=O) groups is 1. The van der Waals surface area contributed by atoms with Crippen molar-refractivity contribution in [3.05, 3.63) is 12.7 Å². The van der Waals surface area contributed by atoms with Crippen molar-refractivity contribution in [1.29, 1.82) is 0 Å². The van der Waals surface area contributed by atoms with Crippen LogP contribution in [0.5, 0.6) is 0 Å². The van der Waals surface area contributed by atoms with Crippen molar-refractivity contribution in [2.45, 2.75) is 13.8 Å². The van der Waals surface area contributed by atoms with Gasteiger partial charge in [-0.25, -0.2) is 0 Å². The minimum Gasteiger partial charge on any atom is -0.395 e. The highest BCUT2D eigenvalue weighted by molar-refractivity contribution is 7.75. The molecule has 0 radical (unpaired) electrons. The molecule has 0 aliphatic carbocycles. The highest BCUT2D eigenvalue weighted by Crippen LogP contribution is 1.74. The van der Waals surface area contributed by atoms with E-state index < -0.39 is 0 Å². The zero-order valence-corrected chi connectivity index (χ0v) is 5.94. The summed E-state index contributed by atoms with van der Waals surface area (Å²) in [5.74, 6) is -0.381. The van der Waals surface area contributed by atoms with E-state index in [1.807, 2.05) is 6.92 Å². The lowest BCUT2D eigenvalue weighted by Crippen LogP contribution is -1.82. The van der Waals surface area contributed by atoms with Crippen LogP contribution in [0.1, 0.15) is 13.8 Å². The first-order chi connectivity index (χ1) is 3.68. The molecule has 0 aliphatic rings. The second kappa shape index (κ2) is 9.75. The highest BCUT2D eigenvalue weighted by atomic mass is 32.1. The van der Waals surface area contributed by atoms with Crippen LogP contribution in [0.2, 0.25) is 0 Å². The van der Waals surface area contributed by atoms with E-state index in [1.54, 1.807) is 6.08 Å². The largest absolute Gasteiger partial charge is 0.395 e. The SMILES string of the molecule is C=CC.CC(=O)OS. The van der Waals surface area contributed by atoms with Crippen molar-refractivity contribution < 1.29 is 8.98 Å². The predicted octanol–water partition coefficient (Wildman–Crippen LogP) is 1.59. The molecule has 0 atom stereocenters. The van der Waals surface area contributed by atoms with Gasteiger partial charge >= 0.3 is 5.97 Å². The van der Waals surface area contributed by atoms with Crippen molar-refractivity contribution in [1.82, 2.24) is 0 Å². The molecule has 0 spiro atoms. The van der Waals surface area contributed by atoms with Crippen molar-refractivity contribution in [3.63, 3.8) is 0 Å². The Kier molecular flexibility index (Phi) is 12.8. The highest BCUT2D eigenvalue weighted by Gasteiger charge is 1.77. The fraction of sp³-hybridized carbons (Fsp3) is 0.400. The molecular formula is C5H10O2S. The number of carbonyl (C=O) groups excluding carboxylic acids is 1. The molecule has 0 bridgehead atoms. The summed E-state index contributed by atoms with van der Waals surface area (Å²) in [4.78, 5) is 9.51. The first-order valence-corrected chi connectivity index (χ1v) is 2.44.